The average molecular weight is 194 g/mol. The molecule has 0 fully saturated rings. The molecule has 3 nitrogen and oxygen atoms in total. The molecule has 2 N–H and O–H groups in total. The number of aromatic nitrogens is 1. The summed E-state index contributed by atoms with van der Waals surface area (Å²) in [5, 5.41) is 0. The Morgan fingerprint density at radius 1 is 1.57 bits per heavy atom. The number of nitrogens with two attached hydrogens (primary N) is 1. The van der Waals surface area contributed by atoms with Crippen LogP contribution >= 0.6 is 0 Å². The van der Waals surface area contributed by atoms with Gasteiger partial charge in [0.25, 0.3) is 0 Å². The zero-order valence-corrected chi connectivity index (χ0v) is 8.92. The number of rotatable bonds is 2. The Morgan fingerprint density at radius 2 is 2.36 bits per heavy atom. The Morgan fingerprint density at radius 3 is 3.07 bits per heavy atom. The molecular weight excluding hydrogens is 176 g/mol. The summed E-state index contributed by atoms with van der Waals surface area (Å²) < 4.78 is 5.70. The van der Waals surface area contributed by atoms with E-state index in [2.05, 4.69) is 18.8 Å². The van der Waals surface area contributed by atoms with E-state index in [0.717, 1.165) is 43.0 Å². The van der Waals surface area contributed by atoms with Crippen LogP contribution in [0.4, 0.5) is 0 Å². The highest BCUT2D eigenvalue weighted by molar-refractivity contribution is 5.15. The average Bonchev–Trinajstić information content (AvgIpc) is 2.44. The zero-order valence-electron chi connectivity index (χ0n) is 8.92. The number of fused-ring (bicyclic) bond motifs is 1. The van der Waals surface area contributed by atoms with Gasteiger partial charge in [-0.25, -0.2) is 4.98 Å². The van der Waals surface area contributed by atoms with Gasteiger partial charge < -0.3 is 10.2 Å². The van der Waals surface area contributed by atoms with Crippen molar-refractivity contribution in [2.24, 2.45) is 11.7 Å². The van der Waals surface area contributed by atoms with Crippen molar-refractivity contribution in [1.82, 2.24) is 4.98 Å². The number of nitrogens with zero attached hydrogens (tertiary/aromatic N) is 1. The molecule has 0 amide bonds. The van der Waals surface area contributed by atoms with E-state index >= 15 is 0 Å². The van der Waals surface area contributed by atoms with Gasteiger partial charge in [0.05, 0.1) is 5.69 Å². The Hall–Kier alpha value is -0.830. The molecule has 1 unspecified atom stereocenters. The second-order valence-corrected chi connectivity index (χ2v) is 4.58. The van der Waals surface area contributed by atoms with Crippen LogP contribution in [-0.4, -0.2) is 11.0 Å². The van der Waals surface area contributed by atoms with E-state index in [-0.39, 0.29) is 6.04 Å². The number of aryl methyl sites for hydroxylation is 1. The number of hydrogen-bond donors (Lipinski definition) is 1. The molecule has 2 rings (SSSR count). The van der Waals surface area contributed by atoms with Crippen molar-refractivity contribution in [3.63, 3.8) is 0 Å². The second-order valence-electron chi connectivity index (χ2n) is 4.58. The van der Waals surface area contributed by atoms with Crippen LogP contribution in [0.15, 0.2) is 4.42 Å². The standard InChI is InChI=1S/C11H18N2O/c1-7(2)5-11-13-9-4-3-8(12)6-10(9)14-11/h7-8H,3-6,12H2,1-2H3. The molecule has 14 heavy (non-hydrogen) atoms. The van der Waals surface area contributed by atoms with Gasteiger partial charge in [-0.2, -0.15) is 0 Å². The van der Waals surface area contributed by atoms with Gasteiger partial charge in [0.15, 0.2) is 5.89 Å². The number of hydrogen-bond acceptors (Lipinski definition) is 3. The van der Waals surface area contributed by atoms with Crippen molar-refractivity contribution < 1.29 is 4.42 Å². The lowest BCUT2D eigenvalue weighted by Gasteiger charge is -2.14. The van der Waals surface area contributed by atoms with E-state index in [0.29, 0.717) is 5.92 Å². The molecule has 1 aliphatic carbocycles. The summed E-state index contributed by atoms with van der Waals surface area (Å²) in [6.45, 7) is 4.35. The van der Waals surface area contributed by atoms with Crippen LogP contribution in [0.25, 0.3) is 0 Å². The molecule has 0 saturated carbocycles. The van der Waals surface area contributed by atoms with Crippen LogP contribution in [0.3, 0.4) is 0 Å². The smallest absolute Gasteiger partial charge is 0.194 e. The quantitative estimate of drug-likeness (QED) is 0.779. The fraction of sp³-hybridized carbons (Fsp3) is 0.727. The van der Waals surface area contributed by atoms with Crippen LogP contribution in [0, 0.1) is 5.92 Å². The molecule has 0 aromatic carbocycles. The van der Waals surface area contributed by atoms with Crippen molar-refractivity contribution in [2.45, 2.75) is 45.6 Å². The highest BCUT2D eigenvalue weighted by Gasteiger charge is 2.21. The maximum absolute atomic E-state index is 5.87. The Labute approximate surface area is 84.7 Å². The maximum atomic E-state index is 5.87. The predicted molar refractivity (Wildman–Crippen MR) is 55.0 cm³/mol. The first kappa shape index (κ1) is 9.71. The highest BCUT2D eigenvalue weighted by atomic mass is 16.4. The third-order valence-electron chi connectivity index (χ3n) is 2.60. The zero-order chi connectivity index (χ0) is 10.1. The molecule has 0 spiro atoms. The molecule has 0 radical (unpaired) electrons. The van der Waals surface area contributed by atoms with Crippen LogP contribution in [-0.2, 0) is 19.3 Å². The first-order chi connectivity index (χ1) is 6.65. The van der Waals surface area contributed by atoms with E-state index in [4.69, 9.17) is 10.2 Å². The third kappa shape index (κ3) is 1.98. The molecule has 1 atom stereocenters. The van der Waals surface area contributed by atoms with Gasteiger partial charge in [-0.15, -0.1) is 0 Å². The lowest BCUT2D eigenvalue weighted by molar-refractivity contribution is 0.405. The van der Waals surface area contributed by atoms with Gasteiger partial charge >= 0.3 is 0 Å². The van der Waals surface area contributed by atoms with Crippen molar-refractivity contribution in [2.75, 3.05) is 0 Å². The van der Waals surface area contributed by atoms with Gasteiger partial charge in [-0.05, 0) is 18.8 Å². The normalized spacial score (nSPS) is 21.3. The van der Waals surface area contributed by atoms with E-state index < -0.39 is 0 Å². The first-order valence-electron chi connectivity index (χ1n) is 5.38. The molecule has 3 heteroatoms. The van der Waals surface area contributed by atoms with E-state index in [1.807, 2.05) is 0 Å². The largest absolute Gasteiger partial charge is 0.445 e. The lowest BCUT2D eigenvalue weighted by atomic mass is 9.98. The highest BCUT2D eigenvalue weighted by Crippen LogP contribution is 2.22. The van der Waals surface area contributed by atoms with Crippen molar-refractivity contribution >= 4 is 0 Å². The summed E-state index contributed by atoms with van der Waals surface area (Å²) in [5.74, 6) is 2.52. The van der Waals surface area contributed by atoms with Crippen LogP contribution < -0.4 is 5.73 Å². The Bertz CT molecular complexity index is 317. The SMILES string of the molecule is CC(C)Cc1nc2c(o1)CC(N)CC2. The third-order valence-corrected chi connectivity index (χ3v) is 2.60. The number of oxazole rings is 1. The summed E-state index contributed by atoms with van der Waals surface area (Å²) in [4.78, 5) is 4.50. The van der Waals surface area contributed by atoms with Crippen molar-refractivity contribution in [3.8, 4) is 0 Å². The van der Waals surface area contributed by atoms with Crippen LogP contribution in [0.2, 0.25) is 0 Å². The van der Waals surface area contributed by atoms with Gasteiger partial charge in [0.2, 0.25) is 0 Å². The Kier molecular flexibility index (Phi) is 2.59. The molecule has 78 valence electrons. The summed E-state index contributed by atoms with van der Waals surface area (Å²) in [6.07, 6.45) is 3.82. The molecule has 0 aliphatic heterocycles. The summed E-state index contributed by atoms with van der Waals surface area (Å²) in [7, 11) is 0. The van der Waals surface area contributed by atoms with Gasteiger partial charge in [0.1, 0.15) is 5.76 Å². The molecule has 1 heterocycles. The van der Waals surface area contributed by atoms with Crippen LogP contribution in [0.1, 0.15) is 37.6 Å². The van der Waals surface area contributed by atoms with Gasteiger partial charge in [-0.1, -0.05) is 13.8 Å². The fourth-order valence-corrected chi connectivity index (χ4v) is 1.89. The van der Waals surface area contributed by atoms with E-state index in [1.54, 1.807) is 0 Å². The van der Waals surface area contributed by atoms with Gasteiger partial charge in [0, 0.05) is 18.9 Å². The lowest BCUT2D eigenvalue weighted by Crippen LogP contribution is -2.27. The van der Waals surface area contributed by atoms with E-state index in [1.165, 1.54) is 0 Å². The summed E-state index contributed by atoms with van der Waals surface area (Å²) in [6, 6.07) is 0.266. The minimum atomic E-state index is 0.266. The van der Waals surface area contributed by atoms with Crippen molar-refractivity contribution in [3.05, 3.63) is 17.3 Å². The molecule has 1 aromatic heterocycles. The molecule has 0 saturated heterocycles. The first-order valence-corrected chi connectivity index (χ1v) is 5.38. The summed E-state index contributed by atoms with van der Waals surface area (Å²) in [5.41, 5.74) is 7.01. The van der Waals surface area contributed by atoms with Crippen LogP contribution in [0.5, 0.6) is 0 Å². The monoisotopic (exact) mass is 194 g/mol. The molecule has 1 aliphatic rings. The van der Waals surface area contributed by atoms with Crippen molar-refractivity contribution in [1.29, 1.82) is 0 Å². The fourth-order valence-electron chi connectivity index (χ4n) is 1.89. The summed E-state index contributed by atoms with van der Waals surface area (Å²) >= 11 is 0. The van der Waals surface area contributed by atoms with E-state index in [9.17, 15) is 0 Å². The van der Waals surface area contributed by atoms with Gasteiger partial charge in [-0.3, -0.25) is 0 Å². The minimum Gasteiger partial charge on any atom is -0.445 e. The maximum Gasteiger partial charge on any atom is 0.194 e. The minimum absolute atomic E-state index is 0.266. The topological polar surface area (TPSA) is 52.0 Å². The predicted octanol–water partition coefficient (Wildman–Crippen LogP) is 1.69. The Balaban J connectivity index is 2.15. The second kappa shape index (κ2) is 3.73. The molecule has 0 bridgehead atoms. The molecule has 1 aromatic rings. The molecular formula is C11H18N2O.